The van der Waals surface area contributed by atoms with Crippen molar-refractivity contribution in [3.05, 3.63) is 0 Å². The molecule has 2 nitrogen and oxygen atoms in total. The van der Waals surface area contributed by atoms with Crippen LogP contribution in [-0.4, -0.2) is 30.1 Å². The van der Waals surface area contributed by atoms with Crippen LogP contribution in [0.25, 0.3) is 0 Å². The Morgan fingerprint density at radius 3 is 2.47 bits per heavy atom. The van der Waals surface area contributed by atoms with Gasteiger partial charge in [0, 0.05) is 18.1 Å². The van der Waals surface area contributed by atoms with Gasteiger partial charge < -0.3 is 5.73 Å². The van der Waals surface area contributed by atoms with Crippen LogP contribution in [0.4, 0.5) is 0 Å². The predicted octanol–water partition coefficient (Wildman–Crippen LogP) is 3.79. The first-order chi connectivity index (χ1) is 9.13. The molecule has 112 valence electrons. The number of nitrogens with zero attached hydrogens (tertiary/aromatic N) is 1. The van der Waals surface area contributed by atoms with Gasteiger partial charge in [0.1, 0.15) is 0 Å². The number of rotatable bonds is 4. The number of nitrogens with two attached hydrogens (primary N) is 1. The van der Waals surface area contributed by atoms with E-state index < -0.39 is 0 Å². The maximum absolute atomic E-state index is 6.45. The zero-order valence-electron chi connectivity index (χ0n) is 13.3. The van der Waals surface area contributed by atoms with Crippen LogP contribution in [0.15, 0.2) is 0 Å². The zero-order valence-corrected chi connectivity index (χ0v) is 13.3. The van der Waals surface area contributed by atoms with E-state index >= 15 is 0 Å². The van der Waals surface area contributed by atoms with Gasteiger partial charge in [-0.2, -0.15) is 0 Å². The molecule has 0 radical (unpaired) electrons. The van der Waals surface area contributed by atoms with E-state index in [1.807, 2.05) is 0 Å². The first-order valence-corrected chi connectivity index (χ1v) is 8.61. The molecule has 19 heavy (non-hydrogen) atoms. The Bertz CT molecular complexity index is 266. The first kappa shape index (κ1) is 15.3. The number of hydrogen-bond donors (Lipinski definition) is 1. The van der Waals surface area contributed by atoms with Crippen molar-refractivity contribution in [2.24, 2.45) is 17.6 Å². The second-order valence-electron chi connectivity index (χ2n) is 7.19. The summed E-state index contributed by atoms with van der Waals surface area (Å²) < 4.78 is 0. The predicted molar refractivity (Wildman–Crippen MR) is 83.2 cm³/mol. The minimum absolute atomic E-state index is 0.409. The Hall–Kier alpha value is -0.0800. The van der Waals surface area contributed by atoms with Crippen LogP contribution in [0.2, 0.25) is 0 Å². The van der Waals surface area contributed by atoms with Crippen molar-refractivity contribution in [3.8, 4) is 0 Å². The molecule has 2 saturated carbocycles. The largest absolute Gasteiger partial charge is 0.326 e. The number of hydrogen-bond acceptors (Lipinski definition) is 2. The standard InChI is InChI=1S/C17H34N2/c1-4-7-14-10-11-15(18)17(12-14)19(3)16-9-6-5-8-13(16)2/h13-17H,4-12,18H2,1-3H3. The van der Waals surface area contributed by atoms with E-state index in [-0.39, 0.29) is 0 Å². The molecule has 2 fully saturated rings. The fourth-order valence-electron chi connectivity index (χ4n) is 4.54. The van der Waals surface area contributed by atoms with Crippen molar-refractivity contribution in [1.82, 2.24) is 4.90 Å². The highest BCUT2D eigenvalue weighted by molar-refractivity contribution is 4.92. The molecule has 0 amide bonds. The summed E-state index contributed by atoms with van der Waals surface area (Å²) in [6, 6.07) is 1.83. The normalized spacial score (nSPS) is 40.6. The summed E-state index contributed by atoms with van der Waals surface area (Å²) in [5.74, 6) is 1.79. The van der Waals surface area contributed by atoms with Gasteiger partial charge in [-0.05, 0) is 51.0 Å². The summed E-state index contributed by atoms with van der Waals surface area (Å²) in [6.07, 6.45) is 12.3. The van der Waals surface area contributed by atoms with E-state index in [2.05, 4.69) is 25.8 Å². The third-order valence-corrected chi connectivity index (χ3v) is 5.79. The molecule has 2 N–H and O–H groups in total. The highest BCUT2D eigenvalue weighted by Crippen LogP contribution is 2.34. The van der Waals surface area contributed by atoms with Crippen LogP contribution in [0.3, 0.4) is 0 Å². The van der Waals surface area contributed by atoms with E-state index in [1.54, 1.807) is 0 Å². The van der Waals surface area contributed by atoms with Crippen molar-refractivity contribution < 1.29 is 0 Å². The molecule has 2 aliphatic carbocycles. The summed E-state index contributed by atoms with van der Waals surface area (Å²) in [5, 5.41) is 0. The highest BCUT2D eigenvalue weighted by Gasteiger charge is 2.35. The minimum Gasteiger partial charge on any atom is -0.326 e. The fourth-order valence-corrected chi connectivity index (χ4v) is 4.54. The SMILES string of the molecule is CCCC1CCC(N)C(N(C)C2CCCCC2C)C1. The topological polar surface area (TPSA) is 29.3 Å². The van der Waals surface area contributed by atoms with Gasteiger partial charge in [0.25, 0.3) is 0 Å². The second kappa shape index (κ2) is 7.08. The van der Waals surface area contributed by atoms with Crippen LogP contribution in [0, 0.1) is 11.8 Å². The van der Waals surface area contributed by atoms with Gasteiger partial charge in [-0.15, -0.1) is 0 Å². The molecule has 2 heteroatoms. The minimum atomic E-state index is 0.409. The van der Waals surface area contributed by atoms with Gasteiger partial charge >= 0.3 is 0 Å². The summed E-state index contributed by atoms with van der Waals surface area (Å²) >= 11 is 0. The molecule has 0 spiro atoms. The van der Waals surface area contributed by atoms with Crippen LogP contribution in [0.1, 0.15) is 71.6 Å². The van der Waals surface area contributed by atoms with Crippen molar-refractivity contribution >= 4 is 0 Å². The molecule has 2 rings (SSSR count). The monoisotopic (exact) mass is 266 g/mol. The first-order valence-electron chi connectivity index (χ1n) is 8.61. The van der Waals surface area contributed by atoms with Crippen LogP contribution in [-0.2, 0) is 0 Å². The lowest BCUT2D eigenvalue weighted by molar-refractivity contribution is 0.0517. The molecule has 0 saturated heterocycles. The Morgan fingerprint density at radius 2 is 1.79 bits per heavy atom. The highest BCUT2D eigenvalue weighted by atomic mass is 15.2. The third kappa shape index (κ3) is 3.72. The molecule has 5 unspecified atom stereocenters. The van der Waals surface area contributed by atoms with E-state index in [4.69, 9.17) is 5.73 Å². The fraction of sp³-hybridized carbons (Fsp3) is 1.00. The van der Waals surface area contributed by atoms with Gasteiger partial charge in [0.15, 0.2) is 0 Å². The quantitative estimate of drug-likeness (QED) is 0.839. The molecule has 0 aromatic heterocycles. The molecule has 5 atom stereocenters. The lowest BCUT2D eigenvalue weighted by atomic mass is 9.77. The van der Waals surface area contributed by atoms with Crippen LogP contribution >= 0.6 is 0 Å². The van der Waals surface area contributed by atoms with Crippen LogP contribution < -0.4 is 5.73 Å². The van der Waals surface area contributed by atoms with Crippen molar-refractivity contribution in [1.29, 1.82) is 0 Å². The Balaban J connectivity index is 1.96. The second-order valence-corrected chi connectivity index (χ2v) is 7.19. The number of likely N-dealkylation sites (N-methyl/N-ethyl adjacent to an activating group) is 1. The molecule has 0 aromatic rings. The van der Waals surface area contributed by atoms with E-state index in [0.717, 1.165) is 17.9 Å². The third-order valence-electron chi connectivity index (χ3n) is 5.79. The van der Waals surface area contributed by atoms with Gasteiger partial charge in [0.05, 0.1) is 0 Å². The van der Waals surface area contributed by atoms with E-state index in [9.17, 15) is 0 Å². The van der Waals surface area contributed by atoms with Gasteiger partial charge in [-0.1, -0.05) is 39.5 Å². The van der Waals surface area contributed by atoms with Crippen molar-refractivity contribution in [2.75, 3.05) is 7.05 Å². The Kier molecular flexibility index (Phi) is 5.70. The van der Waals surface area contributed by atoms with E-state index in [0.29, 0.717) is 12.1 Å². The van der Waals surface area contributed by atoms with Crippen LogP contribution in [0.5, 0.6) is 0 Å². The molecule has 0 heterocycles. The lowest BCUT2D eigenvalue weighted by Crippen LogP contribution is -2.55. The summed E-state index contributed by atoms with van der Waals surface area (Å²) in [6.45, 7) is 4.76. The Morgan fingerprint density at radius 1 is 1.05 bits per heavy atom. The summed E-state index contributed by atoms with van der Waals surface area (Å²) in [4.78, 5) is 2.68. The Labute approximate surface area is 120 Å². The molecular weight excluding hydrogens is 232 g/mol. The average molecular weight is 266 g/mol. The van der Waals surface area contributed by atoms with E-state index in [1.165, 1.54) is 57.8 Å². The maximum atomic E-state index is 6.45. The molecule has 2 aliphatic rings. The molecule has 0 aromatic carbocycles. The lowest BCUT2D eigenvalue weighted by Gasteiger charge is -2.46. The van der Waals surface area contributed by atoms with Gasteiger partial charge in [-0.25, -0.2) is 0 Å². The molecule has 0 aliphatic heterocycles. The maximum Gasteiger partial charge on any atom is 0.0249 e. The smallest absolute Gasteiger partial charge is 0.0249 e. The van der Waals surface area contributed by atoms with Gasteiger partial charge in [-0.3, -0.25) is 4.90 Å². The van der Waals surface area contributed by atoms with Crippen molar-refractivity contribution in [3.63, 3.8) is 0 Å². The van der Waals surface area contributed by atoms with Gasteiger partial charge in [0.2, 0.25) is 0 Å². The zero-order chi connectivity index (χ0) is 13.8. The summed E-state index contributed by atoms with van der Waals surface area (Å²) in [5.41, 5.74) is 6.45. The van der Waals surface area contributed by atoms with Crippen molar-refractivity contribution in [2.45, 2.75) is 89.8 Å². The average Bonchev–Trinajstić information content (AvgIpc) is 2.41. The summed E-state index contributed by atoms with van der Waals surface area (Å²) in [7, 11) is 2.35. The molecule has 0 bridgehead atoms. The molecular formula is C17H34N2.